The van der Waals surface area contributed by atoms with E-state index in [0.717, 1.165) is 18.5 Å². The molecule has 0 bridgehead atoms. The summed E-state index contributed by atoms with van der Waals surface area (Å²) >= 11 is 0. The second-order valence-electron chi connectivity index (χ2n) is 5.11. The van der Waals surface area contributed by atoms with E-state index in [-0.39, 0.29) is 5.82 Å². The molecule has 1 aliphatic heterocycles. The Morgan fingerprint density at radius 1 is 1.42 bits per heavy atom. The molecule has 1 heterocycles. The van der Waals surface area contributed by atoms with Crippen molar-refractivity contribution >= 4 is 0 Å². The van der Waals surface area contributed by atoms with Gasteiger partial charge in [-0.1, -0.05) is 12.5 Å². The standard InChI is InChI=1S/C15H20FN3/c16-14-5-4-12(13(9-14)10-18)11-19-8-2-1-3-15(19)6-7-17/h4-5,9,15H,1-3,6-8,11,17H2. The van der Waals surface area contributed by atoms with E-state index >= 15 is 0 Å². The van der Waals surface area contributed by atoms with Gasteiger partial charge >= 0.3 is 0 Å². The van der Waals surface area contributed by atoms with Gasteiger partial charge in [0.05, 0.1) is 11.6 Å². The summed E-state index contributed by atoms with van der Waals surface area (Å²) in [6.07, 6.45) is 4.59. The summed E-state index contributed by atoms with van der Waals surface area (Å²) in [7, 11) is 0. The predicted octanol–water partition coefficient (Wildman–Crippen LogP) is 2.40. The van der Waals surface area contributed by atoms with Crippen molar-refractivity contribution in [3.8, 4) is 6.07 Å². The van der Waals surface area contributed by atoms with Crippen molar-refractivity contribution in [3.63, 3.8) is 0 Å². The van der Waals surface area contributed by atoms with Gasteiger partial charge in [0.2, 0.25) is 0 Å². The van der Waals surface area contributed by atoms with Crippen molar-refractivity contribution in [2.75, 3.05) is 13.1 Å². The van der Waals surface area contributed by atoms with Gasteiger partial charge in [0.1, 0.15) is 5.82 Å². The van der Waals surface area contributed by atoms with Crippen molar-refractivity contribution in [2.45, 2.75) is 38.3 Å². The third kappa shape index (κ3) is 3.52. The maximum absolute atomic E-state index is 13.1. The summed E-state index contributed by atoms with van der Waals surface area (Å²) < 4.78 is 13.1. The zero-order valence-electron chi connectivity index (χ0n) is 11.1. The third-order valence-corrected chi connectivity index (χ3v) is 3.81. The van der Waals surface area contributed by atoms with Gasteiger partial charge in [0.25, 0.3) is 0 Å². The first kappa shape index (κ1) is 14.0. The second kappa shape index (κ2) is 6.65. The Morgan fingerprint density at radius 2 is 2.26 bits per heavy atom. The van der Waals surface area contributed by atoms with Gasteiger partial charge in [-0.05, 0) is 50.0 Å². The van der Waals surface area contributed by atoms with E-state index < -0.39 is 0 Å². The van der Waals surface area contributed by atoms with Crippen molar-refractivity contribution in [2.24, 2.45) is 5.73 Å². The lowest BCUT2D eigenvalue weighted by Crippen LogP contribution is -2.40. The quantitative estimate of drug-likeness (QED) is 0.905. The summed E-state index contributed by atoms with van der Waals surface area (Å²) in [6.45, 7) is 2.44. The molecular weight excluding hydrogens is 241 g/mol. The number of hydrogen-bond donors (Lipinski definition) is 1. The number of benzene rings is 1. The summed E-state index contributed by atoms with van der Waals surface area (Å²) in [5.41, 5.74) is 7.01. The zero-order valence-corrected chi connectivity index (χ0v) is 11.1. The molecule has 19 heavy (non-hydrogen) atoms. The Labute approximate surface area is 113 Å². The molecule has 3 nitrogen and oxygen atoms in total. The van der Waals surface area contributed by atoms with Gasteiger partial charge in [-0.25, -0.2) is 4.39 Å². The minimum atomic E-state index is -0.350. The maximum Gasteiger partial charge on any atom is 0.124 e. The zero-order chi connectivity index (χ0) is 13.7. The van der Waals surface area contributed by atoms with Gasteiger partial charge in [-0.15, -0.1) is 0 Å². The molecule has 1 aliphatic rings. The average Bonchev–Trinajstić information content (AvgIpc) is 2.43. The van der Waals surface area contributed by atoms with Crippen LogP contribution in [-0.2, 0) is 6.54 Å². The first-order valence-electron chi connectivity index (χ1n) is 6.87. The number of nitriles is 1. The molecule has 1 aromatic rings. The molecule has 0 aromatic heterocycles. The number of piperidine rings is 1. The predicted molar refractivity (Wildman–Crippen MR) is 72.8 cm³/mol. The van der Waals surface area contributed by atoms with E-state index in [4.69, 9.17) is 11.0 Å². The lowest BCUT2D eigenvalue weighted by molar-refractivity contribution is 0.134. The number of likely N-dealkylation sites (tertiary alicyclic amines) is 1. The molecule has 0 aliphatic carbocycles. The molecule has 0 radical (unpaired) electrons. The molecule has 1 unspecified atom stereocenters. The fourth-order valence-electron chi connectivity index (χ4n) is 2.80. The first-order chi connectivity index (χ1) is 9.24. The van der Waals surface area contributed by atoms with Crippen LogP contribution in [0.3, 0.4) is 0 Å². The van der Waals surface area contributed by atoms with Gasteiger partial charge in [0, 0.05) is 12.6 Å². The lowest BCUT2D eigenvalue weighted by Gasteiger charge is -2.35. The van der Waals surface area contributed by atoms with Crippen LogP contribution in [0.15, 0.2) is 18.2 Å². The van der Waals surface area contributed by atoms with E-state index in [1.807, 2.05) is 0 Å². The maximum atomic E-state index is 13.1. The molecule has 2 rings (SSSR count). The van der Waals surface area contributed by atoms with E-state index in [9.17, 15) is 4.39 Å². The molecule has 4 heteroatoms. The number of hydrogen-bond acceptors (Lipinski definition) is 3. The molecule has 102 valence electrons. The fourth-order valence-corrected chi connectivity index (χ4v) is 2.80. The molecule has 1 aromatic carbocycles. The number of nitrogens with zero attached hydrogens (tertiary/aromatic N) is 2. The smallest absolute Gasteiger partial charge is 0.124 e. The highest BCUT2D eigenvalue weighted by Gasteiger charge is 2.22. The van der Waals surface area contributed by atoms with Crippen molar-refractivity contribution in [1.29, 1.82) is 5.26 Å². The van der Waals surface area contributed by atoms with Crippen LogP contribution in [0, 0.1) is 17.1 Å². The average molecular weight is 261 g/mol. The van der Waals surface area contributed by atoms with Gasteiger partial charge in [0.15, 0.2) is 0 Å². The Balaban J connectivity index is 2.12. The van der Waals surface area contributed by atoms with Crippen LogP contribution in [0.1, 0.15) is 36.8 Å². The summed E-state index contributed by atoms with van der Waals surface area (Å²) in [4.78, 5) is 2.38. The molecular formula is C15H20FN3. The SMILES string of the molecule is N#Cc1cc(F)ccc1CN1CCCCC1CCN. The van der Waals surface area contributed by atoms with Crippen molar-refractivity contribution in [3.05, 3.63) is 35.1 Å². The highest BCUT2D eigenvalue weighted by Crippen LogP contribution is 2.23. The summed E-state index contributed by atoms with van der Waals surface area (Å²) in [5.74, 6) is -0.350. The molecule has 0 spiro atoms. The molecule has 1 atom stereocenters. The van der Waals surface area contributed by atoms with Crippen LogP contribution in [0.5, 0.6) is 0 Å². The minimum Gasteiger partial charge on any atom is -0.330 e. The van der Waals surface area contributed by atoms with E-state index in [1.54, 1.807) is 6.07 Å². The summed E-state index contributed by atoms with van der Waals surface area (Å²) in [6, 6.07) is 7.05. The highest BCUT2D eigenvalue weighted by atomic mass is 19.1. The Kier molecular flexibility index (Phi) is 4.89. The van der Waals surface area contributed by atoms with Gasteiger partial charge < -0.3 is 5.73 Å². The van der Waals surface area contributed by atoms with Crippen LogP contribution in [-0.4, -0.2) is 24.0 Å². The molecule has 1 saturated heterocycles. The van der Waals surface area contributed by atoms with Crippen molar-refractivity contribution in [1.82, 2.24) is 4.90 Å². The molecule has 0 saturated carbocycles. The second-order valence-corrected chi connectivity index (χ2v) is 5.11. The largest absolute Gasteiger partial charge is 0.330 e. The van der Waals surface area contributed by atoms with Crippen LogP contribution in [0.2, 0.25) is 0 Å². The van der Waals surface area contributed by atoms with Crippen LogP contribution in [0.4, 0.5) is 4.39 Å². The Bertz CT molecular complexity index is 465. The Morgan fingerprint density at radius 3 is 3.00 bits per heavy atom. The topological polar surface area (TPSA) is 53.0 Å². The summed E-state index contributed by atoms with van der Waals surface area (Å²) in [5, 5.41) is 9.09. The van der Waals surface area contributed by atoms with Crippen LogP contribution >= 0.6 is 0 Å². The number of nitrogens with two attached hydrogens (primary N) is 1. The third-order valence-electron chi connectivity index (χ3n) is 3.81. The van der Waals surface area contributed by atoms with E-state index in [2.05, 4.69) is 11.0 Å². The fraction of sp³-hybridized carbons (Fsp3) is 0.533. The first-order valence-corrected chi connectivity index (χ1v) is 6.87. The molecule has 0 amide bonds. The van der Waals surface area contributed by atoms with Crippen LogP contribution in [0.25, 0.3) is 0 Å². The van der Waals surface area contributed by atoms with Gasteiger partial charge in [-0.3, -0.25) is 4.90 Å². The molecule has 1 fully saturated rings. The highest BCUT2D eigenvalue weighted by molar-refractivity contribution is 5.37. The van der Waals surface area contributed by atoms with Crippen LogP contribution < -0.4 is 5.73 Å². The van der Waals surface area contributed by atoms with Gasteiger partial charge in [-0.2, -0.15) is 5.26 Å². The van der Waals surface area contributed by atoms with E-state index in [1.165, 1.54) is 31.4 Å². The lowest BCUT2D eigenvalue weighted by atomic mass is 9.97. The minimum absolute atomic E-state index is 0.350. The number of rotatable bonds is 4. The normalized spacial score (nSPS) is 20.2. The number of halogens is 1. The monoisotopic (exact) mass is 261 g/mol. The Hall–Kier alpha value is -1.44. The van der Waals surface area contributed by atoms with E-state index in [0.29, 0.717) is 24.7 Å². The van der Waals surface area contributed by atoms with Crippen molar-refractivity contribution < 1.29 is 4.39 Å². The molecule has 2 N–H and O–H groups in total.